The van der Waals surface area contributed by atoms with Crippen LogP contribution in [0.25, 0.3) is 11.0 Å². The molecule has 0 unspecified atom stereocenters. The Hall–Kier alpha value is -3.07. The second-order valence-corrected chi connectivity index (χ2v) is 8.79. The van der Waals surface area contributed by atoms with Gasteiger partial charge < -0.3 is 24.8 Å². The fourth-order valence-corrected chi connectivity index (χ4v) is 3.82. The molecular formula is C20H21FN3O6P. The van der Waals surface area contributed by atoms with Crippen LogP contribution in [0.15, 0.2) is 41.3 Å². The Morgan fingerprint density at radius 2 is 1.90 bits per heavy atom. The number of hydrogen-bond donors (Lipinski definition) is 4. The number of nitrogens with zero attached hydrogens (tertiary/aromatic N) is 2. The molecule has 9 nitrogen and oxygen atoms in total. The highest BCUT2D eigenvalue weighted by molar-refractivity contribution is 7.51. The van der Waals surface area contributed by atoms with Crippen LogP contribution >= 0.6 is 7.60 Å². The summed E-state index contributed by atoms with van der Waals surface area (Å²) in [5.74, 6) is -1.74. The summed E-state index contributed by atoms with van der Waals surface area (Å²) in [6, 6.07) is 7.47. The Kier molecular flexibility index (Phi) is 6.54. The van der Waals surface area contributed by atoms with E-state index in [1.807, 2.05) is 0 Å². The molecule has 11 heteroatoms. The number of pyridine rings is 2. The van der Waals surface area contributed by atoms with Crippen molar-refractivity contribution < 1.29 is 28.6 Å². The van der Waals surface area contributed by atoms with Crippen molar-refractivity contribution in [1.29, 1.82) is 0 Å². The Morgan fingerprint density at radius 1 is 1.23 bits per heavy atom. The van der Waals surface area contributed by atoms with Gasteiger partial charge in [0.2, 0.25) is 0 Å². The molecule has 2 heterocycles. The fraction of sp³-hybridized carbons (Fsp3) is 0.250. The van der Waals surface area contributed by atoms with Crippen LogP contribution in [0.1, 0.15) is 27.9 Å². The molecule has 0 fully saturated rings. The zero-order chi connectivity index (χ0) is 22.8. The average Bonchev–Trinajstić information content (AvgIpc) is 2.71. The maximum atomic E-state index is 13.1. The lowest BCUT2D eigenvalue weighted by atomic mass is 10.1. The summed E-state index contributed by atoms with van der Waals surface area (Å²) in [4.78, 5) is 47.5. The molecule has 0 atom stereocenters. The number of aromatic hydroxyl groups is 1. The molecule has 2 aromatic heterocycles. The lowest BCUT2D eigenvalue weighted by molar-refractivity contribution is 0.0958. The zero-order valence-electron chi connectivity index (χ0n) is 16.6. The average molecular weight is 449 g/mol. The number of carbonyl (C=O) groups is 1. The molecule has 0 aliphatic carbocycles. The van der Waals surface area contributed by atoms with Gasteiger partial charge in [-0.25, -0.2) is 4.39 Å². The second-order valence-electron chi connectivity index (χ2n) is 7.02. The lowest BCUT2D eigenvalue weighted by Crippen LogP contribution is -2.32. The first-order chi connectivity index (χ1) is 14.6. The van der Waals surface area contributed by atoms with Crippen LogP contribution in [-0.4, -0.2) is 43.6 Å². The minimum atomic E-state index is -4.27. The van der Waals surface area contributed by atoms with Crippen molar-refractivity contribution in [2.24, 2.45) is 0 Å². The maximum Gasteiger partial charge on any atom is 0.325 e. The van der Waals surface area contributed by atoms with Crippen LogP contribution in [-0.2, 0) is 17.5 Å². The van der Waals surface area contributed by atoms with Crippen LogP contribution in [0.2, 0.25) is 0 Å². The van der Waals surface area contributed by atoms with E-state index in [9.17, 15) is 23.7 Å². The summed E-state index contributed by atoms with van der Waals surface area (Å²) in [6.45, 7) is -0.0909. The van der Waals surface area contributed by atoms with Crippen molar-refractivity contribution in [3.63, 3.8) is 0 Å². The molecule has 1 aromatic carbocycles. The van der Waals surface area contributed by atoms with Gasteiger partial charge in [-0.3, -0.25) is 19.1 Å². The normalized spacial score (nSPS) is 11.6. The number of hydrogen-bond acceptors (Lipinski definition) is 5. The topological polar surface area (TPSA) is 142 Å². The molecule has 0 spiro atoms. The van der Waals surface area contributed by atoms with E-state index in [-0.39, 0.29) is 29.8 Å². The van der Waals surface area contributed by atoms with E-state index in [4.69, 9.17) is 9.79 Å². The van der Waals surface area contributed by atoms with Crippen LogP contribution in [0.5, 0.6) is 5.75 Å². The van der Waals surface area contributed by atoms with Crippen LogP contribution in [0.3, 0.4) is 0 Å². The number of carbonyl (C=O) groups excluding carboxylic acids is 1. The third-order valence-electron chi connectivity index (χ3n) is 4.74. The fourth-order valence-electron chi connectivity index (χ4n) is 3.27. The summed E-state index contributed by atoms with van der Waals surface area (Å²) in [5.41, 5.74) is 0.400. The van der Waals surface area contributed by atoms with E-state index in [2.05, 4.69) is 10.3 Å². The maximum absolute atomic E-state index is 13.1. The number of fused-ring (bicyclic) bond motifs is 1. The third-order valence-corrected chi connectivity index (χ3v) is 5.64. The smallest absolute Gasteiger partial charge is 0.325 e. The van der Waals surface area contributed by atoms with Gasteiger partial charge in [-0.05, 0) is 42.2 Å². The summed E-state index contributed by atoms with van der Waals surface area (Å²) in [5, 5.41) is 12.8. The minimum absolute atomic E-state index is 0.0113. The third kappa shape index (κ3) is 5.16. The summed E-state index contributed by atoms with van der Waals surface area (Å²) < 4.78 is 25.5. The molecule has 31 heavy (non-hydrogen) atoms. The Morgan fingerprint density at radius 3 is 2.52 bits per heavy atom. The molecular weight excluding hydrogens is 428 g/mol. The number of aryl methyl sites for hydroxylation is 1. The van der Waals surface area contributed by atoms with E-state index in [0.29, 0.717) is 12.0 Å². The van der Waals surface area contributed by atoms with E-state index in [1.165, 1.54) is 29.9 Å². The minimum Gasteiger partial charge on any atom is -0.505 e. The number of benzene rings is 1. The van der Waals surface area contributed by atoms with Gasteiger partial charge in [0.15, 0.2) is 5.75 Å². The van der Waals surface area contributed by atoms with Crippen molar-refractivity contribution in [3.8, 4) is 5.75 Å². The summed E-state index contributed by atoms with van der Waals surface area (Å²) in [7, 11) is -2.97. The van der Waals surface area contributed by atoms with Gasteiger partial charge in [-0.1, -0.05) is 12.1 Å². The zero-order valence-corrected chi connectivity index (χ0v) is 17.5. The van der Waals surface area contributed by atoms with E-state index in [0.717, 1.165) is 5.56 Å². The summed E-state index contributed by atoms with van der Waals surface area (Å²) in [6.07, 6.45) is 1.38. The predicted molar refractivity (Wildman–Crippen MR) is 112 cm³/mol. The molecule has 0 saturated carbocycles. The predicted octanol–water partition coefficient (Wildman–Crippen LogP) is 1.76. The monoisotopic (exact) mass is 449 g/mol. The van der Waals surface area contributed by atoms with E-state index < -0.39 is 36.5 Å². The van der Waals surface area contributed by atoms with Crippen LogP contribution in [0.4, 0.5) is 4.39 Å². The van der Waals surface area contributed by atoms with Crippen molar-refractivity contribution >= 4 is 24.5 Å². The van der Waals surface area contributed by atoms with Crippen molar-refractivity contribution in [3.05, 3.63) is 69.4 Å². The molecule has 0 saturated heterocycles. The molecule has 0 bridgehead atoms. The van der Waals surface area contributed by atoms with E-state index >= 15 is 0 Å². The van der Waals surface area contributed by atoms with Gasteiger partial charge >= 0.3 is 7.60 Å². The lowest BCUT2D eigenvalue weighted by Gasteiger charge is -2.15. The molecule has 164 valence electrons. The van der Waals surface area contributed by atoms with E-state index in [1.54, 1.807) is 18.2 Å². The number of halogens is 1. The van der Waals surface area contributed by atoms with Gasteiger partial charge in [0.1, 0.15) is 16.9 Å². The van der Waals surface area contributed by atoms with Crippen molar-refractivity contribution in [1.82, 2.24) is 14.9 Å². The quantitative estimate of drug-likeness (QED) is 0.403. The van der Waals surface area contributed by atoms with Gasteiger partial charge in [0.05, 0.1) is 11.7 Å². The van der Waals surface area contributed by atoms with Gasteiger partial charge in [-0.2, -0.15) is 0 Å². The Balaban J connectivity index is 2.12. The second kappa shape index (κ2) is 8.97. The first-order valence-electron chi connectivity index (χ1n) is 9.36. The van der Waals surface area contributed by atoms with Gasteiger partial charge in [0.25, 0.3) is 11.5 Å². The number of aromatic nitrogens is 2. The molecule has 3 rings (SSSR count). The Labute approximate surface area is 176 Å². The molecule has 0 aliphatic rings. The van der Waals surface area contributed by atoms with Crippen molar-refractivity contribution in [2.45, 2.75) is 19.4 Å². The van der Waals surface area contributed by atoms with Crippen LogP contribution < -0.4 is 10.9 Å². The standard InChI is InChI=1S/C20H21FN3O6P/c1-22-19(26)16-18(25)17-15(24(20(16)27)7-2-8-31(28,29)30)10-13(11-23-17)9-12-3-5-14(21)6-4-12/h3-6,10-11,25H,2,7-9H2,1H3,(H,22,26)(H2,28,29,30). The highest BCUT2D eigenvalue weighted by Crippen LogP contribution is 2.35. The largest absolute Gasteiger partial charge is 0.505 e. The summed E-state index contributed by atoms with van der Waals surface area (Å²) >= 11 is 0. The first-order valence-corrected chi connectivity index (χ1v) is 11.2. The SMILES string of the molecule is CNC(=O)c1c(O)c2ncc(Cc3ccc(F)cc3)cc2n(CCCP(=O)(O)O)c1=O. The number of rotatable bonds is 7. The Bertz CT molecular complexity index is 1240. The van der Waals surface area contributed by atoms with Gasteiger partial charge in [-0.15, -0.1) is 0 Å². The number of nitrogens with one attached hydrogen (secondary N) is 1. The molecule has 3 aromatic rings. The van der Waals surface area contributed by atoms with Crippen molar-refractivity contribution in [2.75, 3.05) is 13.2 Å². The van der Waals surface area contributed by atoms with Crippen LogP contribution in [0, 0.1) is 5.82 Å². The highest BCUT2D eigenvalue weighted by atomic mass is 31.2. The molecule has 1 amide bonds. The molecule has 4 N–H and O–H groups in total. The molecule has 0 aliphatic heterocycles. The molecule has 0 radical (unpaired) electrons. The number of amides is 1. The first kappa shape index (κ1) is 22.6. The van der Waals surface area contributed by atoms with Gasteiger partial charge in [0, 0.05) is 19.8 Å². The highest BCUT2D eigenvalue weighted by Gasteiger charge is 2.23.